The Kier molecular flexibility index (Phi) is 4.30. The molecule has 0 spiro atoms. The molecule has 138 valence electrons. The lowest BCUT2D eigenvalue weighted by atomic mass is 9.53. The number of ether oxygens (including phenoxy) is 2. The molecule has 1 atom stereocenters. The zero-order chi connectivity index (χ0) is 18.3. The molecule has 0 saturated heterocycles. The molecule has 1 amide bonds. The Hall–Kier alpha value is -2.22. The van der Waals surface area contributed by atoms with Crippen molar-refractivity contribution in [3.05, 3.63) is 23.8 Å². The van der Waals surface area contributed by atoms with Crippen molar-refractivity contribution < 1.29 is 14.3 Å². The summed E-state index contributed by atoms with van der Waals surface area (Å²) in [4.78, 5) is 12.8. The van der Waals surface area contributed by atoms with Gasteiger partial charge in [0.15, 0.2) is 17.6 Å². The Balaban J connectivity index is 1.43. The lowest BCUT2D eigenvalue weighted by Gasteiger charge is -2.57. The van der Waals surface area contributed by atoms with Crippen molar-refractivity contribution in [2.24, 2.45) is 17.8 Å². The van der Waals surface area contributed by atoms with Crippen LogP contribution in [0.2, 0.25) is 0 Å². The molecule has 1 N–H and O–H groups in total. The highest BCUT2D eigenvalue weighted by molar-refractivity contribution is 5.81. The van der Waals surface area contributed by atoms with Crippen LogP contribution in [-0.2, 0) is 4.79 Å². The smallest absolute Gasteiger partial charge is 0.261 e. The number of methoxy groups -OCH3 is 1. The average molecular weight is 354 g/mol. The zero-order valence-electron chi connectivity index (χ0n) is 15.5. The van der Waals surface area contributed by atoms with Gasteiger partial charge in [0, 0.05) is 11.6 Å². The van der Waals surface area contributed by atoms with Gasteiger partial charge in [-0.15, -0.1) is 0 Å². The van der Waals surface area contributed by atoms with Crippen molar-refractivity contribution in [3.63, 3.8) is 0 Å². The van der Waals surface area contributed by atoms with Gasteiger partial charge in [-0.3, -0.25) is 4.79 Å². The highest BCUT2D eigenvalue weighted by Gasteiger charge is 2.51. The molecular weight excluding hydrogens is 328 g/mol. The molecule has 1 aromatic rings. The van der Waals surface area contributed by atoms with Crippen LogP contribution in [0.25, 0.3) is 0 Å². The molecule has 4 bridgehead atoms. The van der Waals surface area contributed by atoms with E-state index in [9.17, 15) is 4.79 Å². The van der Waals surface area contributed by atoms with Crippen LogP contribution in [0.15, 0.2) is 18.2 Å². The Morgan fingerprint density at radius 1 is 1.19 bits per heavy atom. The summed E-state index contributed by atoms with van der Waals surface area (Å²) in [6.45, 7) is 1.77. The molecule has 0 aliphatic heterocycles. The van der Waals surface area contributed by atoms with Crippen molar-refractivity contribution in [2.75, 3.05) is 7.11 Å². The van der Waals surface area contributed by atoms with Gasteiger partial charge in [-0.25, -0.2) is 0 Å². The van der Waals surface area contributed by atoms with Crippen LogP contribution in [-0.4, -0.2) is 24.7 Å². The van der Waals surface area contributed by atoms with E-state index in [1.165, 1.54) is 26.4 Å². The van der Waals surface area contributed by atoms with Crippen LogP contribution in [0.4, 0.5) is 0 Å². The minimum atomic E-state index is -0.607. The molecular formula is C21H26N2O3. The van der Waals surface area contributed by atoms with E-state index in [0.717, 1.165) is 37.0 Å². The van der Waals surface area contributed by atoms with E-state index in [1.807, 2.05) is 0 Å². The van der Waals surface area contributed by atoms with Gasteiger partial charge in [-0.05, 0) is 75.3 Å². The number of rotatable bonds is 5. The fraction of sp³-hybridized carbons (Fsp3) is 0.619. The van der Waals surface area contributed by atoms with Gasteiger partial charge < -0.3 is 14.8 Å². The van der Waals surface area contributed by atoms with Crippen LogP contribution < -0.4 is 14.8 Å². The molecule has 0 heterocycles. The fourth-order valence-corrected chi connectivity index (χ4v) is 5.71. The standard InChI is InChI=1S/C21H26N2O3/c1-13(26-18-4-3-14(12-22)8-19(18)25-2)20(24)23-21-9-15-5-16(10-21)7-17(6-15)11-21/h3-4,8,13,15-17H,5-7,9-11H2,1-2H3,(H,23,24)/t13-,15?,16?,17?,21?/m0/s1. The third-order valence-corrected chi connectivity index (χ3v) is 6.39. The second kappa shape index (κ2) is 6.50. The molecule has 0 radical (unpaired) electrons. The van der Waals surface area contributed by atoms with E-state index in [4.69, 9.17) is 14.7 Å². The molecule has 5 heteroatoms. The molecule has 5 nitrogen and oxygen atoms in total. The summed E-state index contributed by atoms with van der Waals surface area (Å²) in [6.07, 6.45) is 6.81. The molecule has 5 rings (SSSR count). The van der Waals surface area contributed by atoms with Gasteiger partial charge >= 0.3 is 0 Å². The van der Waals surface area contributed by atoms with Crippen molar-refractivity contribution in [1.82, 2.24) is 5.32 Å². The predicted molar refractivity (Wildman–Crippen MR) is 96.8 cm³/mol. The van der Waals surface area contributed by atoms with Crippen LogP contribution in [0, 0.1) is 29.1 Å². The largest absolute Gasteiger partial charge is 0.493 e. The first-order valence-electron chi connectivity index (χ1n) is 9.57. The van der Waals surface area contributed by atoms with Crippen LogP contribution in [0.1, 0.15) is 51.0 Å². The normalized spacial score (nSPS) is 32.6. The average Bonchev–Trinajstić information content (AvgIpc) is 2.60. The number of hydrogen-bond donors (Lipinski definition) is 1. The van der Waals surface area contributed by atoms with E-state index in [2.05, 4.69) is 11.4 Å². The topological polar surface area (TPSA) is 71.3 Å². The number of nitrogens with zero attached hydrogens (tertiary/aromatic N) is 1. The van der Waals surface area contributed by atoms with Gasteiger partial charge in [0.2, 0.25) is 0 Å². The minimum absolute atomic E-state index is 0.0157. The maximum absolute atomic E-state index is 12.8. The summed E-state index contributed by atoms with van der Waals surface area (Å²) in [7, 11) is 1.53. The summed E-state index contributed by atoms with van der Waals surface area (Å²) in [5, 5.41) is 12.3. The maximum atomic E-state index is 12.8. The minimum Gasteiger partial charge on any atom is -0.493 e. The van der Waals surface area contributed by atoms with E-state index >= 15 is 0 Å². The number of carbonyl (C=O) groups excluding carboxylic acids is 1. The van der Waals surface area contributed by atoms with Crippen LogP contribution in [0.5, 0.6) is 11.5 Å². The van der Waals surface area contributed by atoms with Crippen LogP contribution >= 0.6 is 0 Å². The second-order valence-corrected chi connectivity index (χ2v) is 8.42. The molecule has 0 aromatic heterocycles. The van der Waals surface area contributed by atoms with Gasteiger partial charge in [0.05, 0.1) is 18.7 Å². The summed E-state index contributed by atoms with van der Waals surface area (Å²) >= 11 is 0. The SMILES string of the molecule is COc1cc(C#N)ccc1O[C@@H](C)C(=O)NC12CC3CC(CC(C3)C1)C2. The number of nitrogens with one attached hydrogen (secondary N) is 1. The molecule has 4 aliphatic rings. The van der Waals surface area contributed by atoms with E-state index < -0.39 is 6.10 Å². The van der Waals surface area contributed by atoms with Gasteiger partial charge in [0.25, 0.3) is 5.91 Å². The Labute approximate surface area is 154 Å². The predicted octanol–water partition coefficient (Wildman–Crippen LogP) is 3.42. The molecule has 1 aromatic carbocycles. The molecule has 0 unspecified atom stereocenters. The van der Waals surface area contributed by atoms with E-state index in [-0.39, 0.29) is 11.4 Å². The summed E-state index contributed by atoms with van der Waals surface area (Å²) in [5.41, 5.74) is 0.484. The quantitative estimate of drug-likeness (QED) is 0.879. The van der Waals surface area contributed by atoms with Gasteiger partial charge in [-0.2, -0.15) is 5.26 Å². The van der Waals surface area contributed by atoms with Crippen molar-refractivity contribution >= 4 is 5.91 Å². The third kappa shape index (κ3) is 3.13. The summed E-state index contributed by atoms with van der Waals surface area (Å²) in [6, 6.07) is 7.05. The van der Waals surface area contributed by atoms with Crippen molar-refractivity contribution in [2.45, 2.75) is 57.1 Å². The lowest BCUT2D eigenvalue weighted by molar-refractivity contribution is -0.133. The third-order valence-electron chi connectivity index (χ3n) is 6.39. The highest BCUT2D eigenvalue weighted by atomic mass is 16.5. The summed E-state index contributed by atoms with van der Waals surface area (Å²) in [5.74, 6) is 3.26. The van der Waals surface area contributed by atoms with Crippen molar-refractivity contribution in [3.8, 4) is 17.6 Å². The van der Waals surface area contributed by atoms with E-state index in [1.54, 1.807) is 25.1 Å². The lowest BCUT2D eigenvalue weighted by Crippen LogP contribution is -2.61. The fourth-order valence-electron chi connectivity index (χ4n) is 5.71. The summed E-state index contributed by atoms with van der Waals surface area (Å²) < 4.78 is 11.2. The molecule has 4 saturated carbocycles. The van der Waals surface area contributed by atoms with Crippen LogP contribution in [0.3, 0.4) is 0 Å². The molecule has 26 heavy (non-hydrogen) atoms. The second-order valence-electron chi connectivity index (χ2n) is 8.42. The number of amides is 1. The zero-order valence-corrected chi connectivity index (χ0v) is 15.5. The van der Waals surface area contributed by atoms with E-state index in [0.29, 0.717) is 17.1 Å². The Morgan fingerprint density at radius 3 is 2.35 bits per heavy atom. The first-order chi connectivity index (χ1) is 12.5. The molecule has 4 aliphatic carbocycles. The monoisotopic (exact) mass is 354 g/mol. The first kappa shape index (κ1) is 17.2. The number of hydrogen-bond acceptors (Lipinski definition) is 4. The number of carbonyl (C=O) groups is 1. The maximum Gasteiger partial charge on any atom is 0.261 e. The van der Waals surface area contributed by atoms with Crippen molar-refractivity contribution in [1.29, 1.82) is 5.26 Å². The van der Waals surface area contributed by atoms with Gasteiger partial charge in [0.1, 0.15) is 0 Å². The number of nitriles is 1. The Morgan fingerprint density at radius 2 is 1.81 bits per heavy atom. The first-order valence-corrected chi connectivity index (χ1v) is 9.57. The molecule has 4 fully saturated rings. The highest BCUT2D eigenvalue weighted by Crippen LogP contribution is 2.55. The Bertz CT molecular complexity index is 717. The van der Waals surface area contributed by atoms with Gasteiger partial charge in [-0.1, -0.05) is 0 Å². The number of benzene rings is 1.